The van der Waals surface area contributed by atoms with Crippen molar-refractivity contribution < 1.29 is 9.53 Å². The fourth-order valence-corrected chi connectivity index (χ4v) is 4.40. The highest BCUT2D eigenvalue weighted by molar-refractivity contribution is 5.74. The van der Waals surface area contributed by atoms with Crippen molar-refractivity contribution >= 4 is 5.91 Å². The molecule has 0 aromatic rings. The third kappa shape index (κ3) is 2.79. The van der Waals surface area contributed by atoms with E-state index in [1.807, 2.05) is 0 Å². The van der Waals surface area contributed by atoms with Crippen LogP contribution in [0.15, 0.2) is 0 Å². The lowest BCUT2D eigenvalue weighted by Crippen LogP contribution is -2.50. The average molecular weight is 266 g/mol. The van der Waals surface area contributed by atoms with Gasteiger partial charge in [0.25, 0.3) is 0 Å². The first-order chi connectivity index (χ1) is 9.19. The van der Waals surface area contributed by atoms with Crippen molar-refractivity contribution in [1.82, 2.24) is 4.90 Å². The summed E-state index contributed by atoms with van der Waals surface area (Å²) in [5.74, 6) is 0.308. The number of nitrogens with zero attached hydrogens (tertiary/aromatic N) is 1. The van der Waals surface area contributed by atoms with Crippen molar-refractivity contribution in [3.63, 3.8) is 0 Å². The van der Waals surface area contributed by atoms with Crippen molar-refractivity contribution in [3.05, 3.63) is 0 Å². The summed E-state index contributed by atoms with van der Waals surface area (Å²) in [4.78, 5) is 13.9. The van der Waals surface area contributed by atoms with E-state index in [1.165, 1.54) is 38.8 Å². The van der Waals surface area contributed by atoms with Crippen LogP contribution in [-0.4, -0.2) is 42.1 Å². The van der Waals surface area contributed by atoms with Crippen LogP contribution >= 0.6 is 0 Å². The summed E-state index contributed by atoms with van der Waals surface area (Å²) >= 11 is 0. The number of primary amides is 1. The van der Waals surface area contributed by atoms with E-state index in [2.05, 4.69) is 4.90 Å². The number of amides is 1. The lowest BCUT2D eigenvalue weighted by molar-refractivity contribution is -0.121. The van der Waals surface area contributed by atoms with Crippen molar-refractivity contribution in [3.8, 4) is 0 Å². The molecule has 0 aromatic heterocycles. The average Bonchev–Trinajstić information content (AvgIpc) is 3.03. The van der Waals surface area contributed by atoms with Gasteiger partial charge in [0.1, 0.15) is 0 Å². The predicted molar refractivity (Wildman–Crippen MR) is 73.7 cm³/mol. The van der Waals surface area contributed by atoms with Crippen molar-refractivity contribution in [2.75, 3.05) is 19.7 Å². The molecule has 0 radical (unpaired) electrons. The van der Waals surface area contributed by atoms with Gasteiger partial charge < -0.3 is 10.5 Å². The second-order valence-corrected chi connectivity index (χ2v) is 6.62. The molecule has 3 rings (SSSR count). The van der Waals surface area contributed by atoms with E-state index >= 15 is 0 Å². The van der Waals surface area contributed by atoms with Gasteiger partial charge in [-0.3, -0.25) is 9.69 Å². The van der Waals surface area contributed by atoms with Gasteiger partial charge in [-0.2, -0.15) is 0 Å². The maximum Gasteiger partial charge on any atom is 0.217 e. The Morgan fingerprint density at radius 2 is 2.05 bits per heavy atom. The maximum absolute atomic E-state index is 11.3. The van der Waals surface area contributed by atoms with Gasteiger partial charge in [-0.05, 0) is 64.0 Å². The lowest BCUT2D eigenvalue weighted by atomic mass is 9.72. The summed E-state index contributed by atoms with van der Waals surface area (Å²) in [5.41, 5.74) is 5.57. The van der Waals surface area contributed by atoms with Gasteiger partial charge in [0.15, 0.2) is 0 Å². The Hall–Kier alpha value is -0.610. The molecule has 1 aliphatic carbocycles. The Balaban J connectivity index is 1.72. The Morgan fingerprint density at radius 3 is 2.68 bits per heavy atom. The van der Waals surface area contributed by atoms with Crippen LogP contribution in [-0.2, 0) is 9.53 Å². The van der Waals surface area contributed by atoms with Gasteiger partial charge in [-0.15, -0.1) is 0 Å². The first kappa shape index (κ1) is 13.4. The van der Waals surface area contributed by atoms with Gasteiger partial charge in [0.05, 0.1) is 5.60 Å². The largest absolute Gasteiger partial charge is 0.375 e. The van der Waals surface area contributed by atoms with Gasteiger partial charge in [0.2, 0.25) is 5.91 Å². The molecule has 2 saturated heterocycles. The summed E-state index contributed by atoms with van der Waals surface area (Å²) in [7, 11) is 0. The number of carbonyl (C=O) groups excluding carboxylic acids is 1. The highest BCUT2D eigenvalue weighted by Crippen LogP contribution is 2.44. The van der Waals surface area contributed by atoms with Crippen molar-refractivity contribution in [1.29, 1.82) is 0 Å². The fourth-order valence-electron chi connectivity index (χ4n) is 4.40. The van der Waals surface area contributed by atoms with Gasteiger partial charge in [-0.1, -0.05) is 0 Å². The molecule has 4 nitrogen and oxygen atoms in total. The highest BCUT2D eigenvalue weighted by Gasteiger charge is 2.45. The molecule has 0 bridgehead atoms. The van der Waals surface area contributed by atoms with Crippen molar-refractivity contribution in [2.45, 2.75) is 63.0 Å². The second-order valence-electron chi connectivity index (χ2n) is 6.62. The summed E-state index contributed by atoms with van der Waals surface area (Å²) in [6.07, 6.45) is 8.90. The Bertz CT molecular complexity index is 333. The zero-order valence-electron chi connectivity index (χ0n) is 11.8. The Kier molecular flexibility index (Phi) is 3.81. The van der Waals surface area contributed by atoms with Crippen LogP contribution in [0, 0.1) is 5.92 Å². The van der Waals surface area contributed by atoms with Crippen LogP contribution in [0.3, 0.4) is 0 Å². The zero-order chi connectivity index (χ0) is 13.3. The predicted octanol–water partition coefficient (Wildman–Crippen LogP) is 1.68. The molecule has 4 heteroatoms. The van der Waals surface area contributed by atoms with Gasteiger partial charge >= 0.3 is 0 Å². The number of carbonyl (C=O) groups is 1. The second kappa shape index (κ2) is 5.41. The number of nitrogens with two attached hydrogens (primary N) is 1. The molecule has 2 N–H and O–H groups in total. The van der Waals surface area contributed by atoms with Gasteiger partial charge in [-0.25, -0.2) is 0 Å². The quantitative estimate of drug-likeness (QED) is 0.845. The monoisotopic (exact) mass is 266 g/mol. The summed E-state index contributed by atoms with van der Waals surface area (Å²) in [5, 5.41) is 0. The maximum atomic E-state index is 11.3. The molecule has 3 unspecified atom stereocenters. The Morgan fingerprint density at radius 1 is 1.26 bits per heavy atom. The van der Waals surface area contributed by atoms with Crippen LogP contribution in [0.4, 0.5) is 0 Å². The summed E-state index contributed by atoms with van der Waals surface area (Å²) in [6.45, 7) is 3.30. The molecular formula is C15H26N2O2. The van der Waals surface area contributed by atoms with E-state index in [-0.39, 0.29) is 11.5 Å². The van der Waals surface area contributed by atoms with E-state index < -0.39 is 0 Å². The zero-order valence-corrected chi connectivity index (χ0v) is 11.8. The molecule has 3 atom stereocenters. The number of hydrogen-bond acceptors (Lipinski definition) is 3. The van der Waals surface area contributed by atoms with E-state index in [0.29, 0.717) is 18.4 Å². The normalized spacial score (nSPS) is 40.0. The van der Waals surface area contributed by atoms with Crippen molar-refractivity contribution in [2.24, 2.45) is 11.7 Å². The number of likely N-dealkylation sites (tertiary alicyclic amines) is 1. The summed E-state index contributed by atoms with van der Waals surface area (Å²) in [6, 6.07) is 0.516. The molecule has 0 aromatic carbocycles. The van der Waals surface area contributed by atoms with Crippen LogP contribution in [0.2, 0.25) is 0 Å². The van der Waals surface area contributed by atoms with E-state index in [4.69, 9.17) is 10.5 Å². The molecule has 1 amide bonds. The molecule has 3 fully saturated rings. The minimum absolute atomic E-state index is 0.126. The van der Waals surface area contributed by atoms with Crippen LogP contribution in [0.1, 0.15) is 51.4 Å². The third-order valence-corrected chi connectivity index (χ3v) is 5.35. The third-order valence-electron chi connectivity index (χ3n) is 5.35. The minimum Gasteiger partial charge on any atom is -0.375 e. The molecule has 2 aliphatic heterocycles. The SMILES string of the molecule is NC(=O)CC1CCC2(CCCO2)CC1N1CCCC1. The topological polar surface area (TPSA) is 55.6 Å². The lowest BCUT2D eigenvalue weighted by Gasteiger charge is -2.45. The summed E-state index contributed by atoms with van der Waals surface area (Å²) < 4.78 is 6.08. The number of hydrogen-bond donors (Lipinski definition) is 1. The van der Waals surface area contributed by atoms with Crippen LogP contribution < -0.4 is 5.73 Å². The first-order valence-corrected chi connectivity index (χ1v) is 7.85. The molecule has 3 aliphatic rings. The fraction of sp³-hybridized carbons (Fsp3) is 0.933. The molecule has 108 valence electrons. The van der Waals surface area contributed by atoms with Gasteiger partial charge in [0, 0.05) is 19.1 Å². The first-order valence-electron chi connectivity index (χ1n) is 7.85. The number of rotatable bonds is 3. The highest BCUT2D eigenvalue weighted by atomic mass is 16.5. The Labute approximate surface area is 115 Å². The minimum atomic E-state index is -0.141. The standard InChI is InChI=1S/C15H26N2O2/c16-14(18)10-12-4-6-15(5-3-9-19-15)11-13(12)17-7-1-2-8-17/h12-13H,1-11H2,(H2,16,18). The molecule has 2 heterocycles. The number of ether oxygens (including phenoxy) is 1. The van der Waals surface area contributed by atoms with E-state index in [1.54, 1.807) is 0 Å². The van der Waals surface area contributed by atoms with E-state index in [9.17, 15) is 4.79 Å². The molecule has 1 spiro atoms. The molecular weight excluding hydrogens is 240 g/mol. The molecule has 1 saturated carbocycles. The van der Waals surface area contributed by atoms with Crippen LogP contribution in [0.5, 0.6) is 0 Å². The smallest absolute Gasteiger partial charge is 0.217 e. The molecule has 19 heavy (non-hydrogen) atoms. The van der Waals surface area contributed by atoms with E-state index in [0.717, 1.165) is 25.9 Å². The van der Waals surface area contributed by atoms with Crippen LogP contribution in [0.25, 0.3) is 0 Å².